The van der Waals surface area contributed by atoms with Crippen LogP contribution in [0.5, 0.6) is 5.75 Å². The normalized spacial score (nSPS) is 14.0. The molecule has 1 aliphatic rings. The maximum absolute atomic E-state index is 13.1. The monoisotopic (exact) mass is 414 g/mol. The van der Waals surface area contributed by atoms with Gasteiger partial charge >= 0.3 is 0 Å². The molecular weight excluding hydrogens is 388 g/mol. The lowest BCUT2D eigenvalue weighted by molar-refractivity contribution is -0.118. The fourth-order valence-electron chi connectivity index (χ4n) is 3.88. The van der Waals surface area contributed by atoms with Crippen molar-refractivity contribution in [1.82, 2.24) is 0 Å². The highest BCUT2D eigenvalue weighted by Crippen LogP contribution is 2.50. The molecule has 0 radical (unpaired) electrons. The van der Waals surface area contributed by atoms with Crippen molar-refractivity contribution in [2.75, 3.05) is 10.6 Å². The topological polar surface area (TPSA) is 78.4 Å². The van der Waals surface area contributed by atoms with Crippen molar-refractivity contribution in [3.05, 3.63) is 77.4 Å². The number of carbonyl (C=O) groups is 2. The molecule has 0 aromatic heterocycles. The largest absolute Gasteiger partial charge is 0.508 e. The first-order valence-electron chi connectivity index (χ1n) is 10.4. The van der Waals surface area contributed by atoms with Gasteiger partial charge in [0.05, 0.1) is 5.41 Å². The number of nitrogens with one attached hydrogen (secondary N) is 2. The minimum atomic E-state index is -0.573. The second-order valence-electron chi connectivity index (χ2n) is 8.33. The summed E-state index contributed by atoms with van der Waals surface area (Å²) < 4.78 is 0. The van der Waals surface area contributed by atoms with E-state index in [9.17, 15) is 14.7 Å². The van der Waals surface area contributed by atoms with Crippen LogP contribution in [0.15, 0.2) is 60.7 Å². The number of hydrogen-bond donors (Lipinski definition) is 3. The van der Waals surface area contributed by atoms with Crippen molar-refractivity contribution in [2.45, 2.75) is 39.0 Å². The Morgan fingerprint density at radius 3 is 2.10 bits per heavy atom. The number of carbonyl (C=O) groups excluding carboxylic acids is 2. The van der Waals surface area contributed by atoms with Crippen molar-refractivity contribution >= 4 is 23.2 Å². The molecule has 1 aliphatic carbocycles. The van der Waals surface area contributed by atoms with Crippen molar-refractivity contribution < 1.29 is 14.7 Å². The number of hydrogen-bond acceptors (Lipinski definition) is 3. The van der Waals surface area contributed by atoms with Crippen LogP contribution in [-0.2, 0) is 15.0 Å². The molecule has 5 heteroatoms. The molecule has 0 saturated heterocycles. The van der Waals surface area contributed by atoms with E-state index in [1.54, 1.807) is 6.07 Å². The van der Waals surface area contributed by atoms with Gasteiger partial charge in [0.25, 0.3) is 0 Å². The Balaban J connectivity index is 1.56. The van der Waals surface area contributed by atoms with Crippen molar-refractivity contribution in [3.63, 3.8) is 0 Å². The Kier molecular flexibility index (Phi) is 5.27. The first-order valence-corrected chi connectivity index (χ1v) is 10.4. The molecule has 3 N–H and O–H groups in total. The van der Waals surface area contributed by atoms with Gasteiger partial charge in [-0.15, -0.1) is 0 Å². The molecule has 31 heavy (non-hydrogen) atoms. The van der Waals surface area contributed by atoms with Crippen LogP contribution in [0.3, 0.4) is 0 Å². The van der Waals surface area contributed by atoms with E-state index in [0.29, 0.717) is 0 Å². The Hall–Kier alpha value is -3.60. The molecular formula is C26H26N2O3. The smallest absolute Gasteiger partial charge is 0.235 e. The number of anilines is 2. The standard InChI is InChI=1S/C26H26N2O3/c1-16-5-9-22(15-23(16)19-6-10-21(11-7-19)27-18(3)29)28-25(31)26(12-13-26)20-8-4-17(2)24(30)14-20/h4-11,14-15,30H,12-13H2,1-3H3,(H,27,29)(H,28,31). The maximum atomic E-state index is 13.1. The average molecular weight is 415 g/mol. The predicted molar refractivity (Wildman–Crippen MR) is 123 cm³/mol. The van der Waals surface area contributed by atoms with Gasteiger partial charge in [-0.2, -0.15) is 0 Å². The molecule has 0 atom stereocenters. The summed E-state index contributed by atoms with van der Waals surface area (Å²) in [5.74, 6) is 0.0630. The van der Waals surface area contributed by atoms with Gasteiger partial charge in [0, 0.05) is 18.3 Å². The maximum Gasteiger partial charge on any atom is 0.235 e. The first-order chi connectivity index (χ1) is 14.8. The Labute approximate surface area is 182 Å². The van der Waals surface area contributed by atoms with Crippen LogP contribution >= 0.6 is 0 Å². The highest BCUT2D eigenvalue weighted by atomic mass is 16.3. The summed E-state index contributed by atoms with van der Waals surface area (Å²) in [7, 11) is 0. The SMILES string of the molecule is CC(=O)Nc1ccc(-c2cc(NC(=O)C3(c4ccc(C)c(O)c4)CC3)ccc2C)cc1. The third kappa shape index (κ3) is 4.17. The van der Waals surface area contributed by atoms with Crippen molar-refractivity contribution in [1.29, 1.82) is 0 Å². The van der Waals surface area contributed by atoms with Gasteiger partial charge < -0.3 is 15.7 Å². The van der Waals surface area contributed by atoms with Gasteiger partial charge in [-0.3, -0.25) is 9.59 Å². The molecule has 2 amide bonds. The molecule has 3 aromatic carbocycles. The Bertz CT molecular complexity index is 1160. The van der Waals surface area contributed by atoms with Crippen LogP contribution in [0.4, 0.5) is 11.4 Å². The van der Waals surface area contributed by atoms with E-state index >= 15 is 0 Å². The summed E-state index contributed by atoms with van der Waals surface area (Å²) >= 11 is 0. The molecule has 0 bridgehead atoms. The number of aromatic hydroxyl groups is 1. The summed E-state index contributed by atoms with van der Waals surface area (Å²) in [5, 5.41) is 15.9. The average Bonchev–Trinajstić information content (AvgIpc) is 3.54. The zero-order valence-corrected chi connectivity index (χ0v) is 18.0. The Morgan fingerprint density at radius 2 is 1.48 bits per heavy atom. The molecule has 5 nitrogen and oxygen atoms in total. The highest BCUT2D eigenvalue weighted by molar-refractivity contribution is 6.02. The highest BCUT2D eigenvalue weighted by Gasteiger charge is 2.51. The fourth-order valence-corrected chi connectivity index (χ4v) is 3.88. The molecule has 1 fully saturated rings. The van der Waals surface area contributed by atoms with Crippen LogP contribution in [0.25, 0.3) is 11.1 Å². The molecule has 0 aliphatic heterocycles. The summed E-state index contributed by atoms with van der Waals surface area (Å²) in [6, 6.07) is 19.0. The molecule has 1 saturated carbocycles. The number of aryl methyl sites for hydroxylation is 2. The summed E-state index contributed by atoms with van der Waals surface area (Å²) in [6.07, 6.45) is 1.54. The van der Waals surface area contributed by atoms with Gasteiger partial charge in [0.2, 0.25) is 11.8 Å². The third-order valence-corrected chi connectivity index (χ3v) is 5.96. The molecule has 0 spiro atoms. The minimum Gasteiger partial charge on any atom is -0.508 e. The molecule has 0 heterocycles. The van der Waals surface area contributed by atoms with E-state index in [-0.39, 0.29) is 17.6 Å². The second kappa shape index (κ2) is 7.91. The summed E-state index contributed by atoms with van der Waals surface area (Å²) in [6.45, 7) is 5.35. The van der Waals surface area contributed by atoms with Crippen LogP contribution in [0, 0.1) is 13.8 Å². The van der Waals surface area contributed by atoms with Crippen LogP contribution in [0.2, 0.25) is 0 Å². The number of benzene rings is 3. The lowest BCUT2D eigenvalue weighted by Crippen LogP contribution is -2.27. The molecule has 4 rings (SSSR count). The molecule has 158 valence electrons. The van der Waals surface area contributed by atoms with Gasteiger partial charge in [-0.1, -0.05) is 30.3 Å². The fraction of sp³-hybridized carbons (Fsp3) is 0.231. The van der Waals surface area contributed by atoms with Gasteiger partial charge in [0.15, 0.2) is 0 Å². The third-order valence-electron chi connectivity index (χ3n) is 5.96. The van der Waals surface area contributed by atoms with Crippen LogP contribution < -0.4 is 10.6 Å². The van der Waals surface area contributed by atoms with Gasteiger partial charge in [-0.25, -0.2) is 0 Å². The quantitative estimate of drug-likeness (QED) is 0.530. The van der Waals surface area contributed by atoms with E-state index < -0.39 is 5.41 Å². The molecule has 3 aromatic rings. The predicted octanol–water partition coefficient (Wildman–Crippen LogP) is 5.30. The van der Waals surface area contributed by atoms with Gasteiger partial charge in [-0.05, 0) is 84.8 Å². The Morgan fingerprint density at radius 1 is 0.839 bits per heavy atom. The number of phenolic OH excluding ortho intramolecular Hbond substituents is 1. The van der Waals surface area contributed by atoms with Crippen molar-refractivity contribution in [2.24, 2.45) is 0 Å². The van der Waals surface area contributed by atoms with Crippen LogP contribution in [0.1, 0.15) is 36.5 Å². The van der Waals surface area contributed by atoms with E-state index in [4.69, 9.17) is 0 Å². The second-order valence-corrected chi connectivity index (χ2v) is 8.33. The van der Waals surface area contributed by atoms with E-state index in [1.165, 1.54) is 6.92 Å². The lowest BCUT2D eigenvalue weighted by Gasteiger charge is -2.18. The number of amides is 2. The van der Waals surface area contributed by atoms with Gasteiger partial charge in [0.1, 0.15) is 5.75 Å². The minimum absolute atomic E-state index is 0.0495. The zero-order chi connectivity index (χ0) is 22.2. The number of rotatable bonds is 5. The van der Waals surface area contributed by atoms with Crippen LogP contribution in [-0.4, -0.2) is 16.9 Å². The lowest BCUT2D eigenvalue weighted by atomic mass is 9.93. The first kappa shape index (κ1) is 20.7. The summed E-state index contributed by atoms with van der Waals surface area (Å²) in [5.41, 5.74) is 5.68. The van der Waals surface area contributed by atoms with E-state index in [0.717, 1.165) is 52.0 Å². The zero-order valence-electron chi connectivity index (χ0n) is 18.0. The summed E-state index contributed by atoms with van der Waals surface area (Å²) in [4.78, 5) is 24.4. The molecule has 0 unspecified atom stereocenters. The number of phenols is 1. The van der Waals surface area contributed by atoms with E-state index in [2.05, 4.69) is 10.6 Å². The van der Waals surface area contributed by atoms with E-state index in [1.807, 2.05) is 68.4 Å². The van der Waals surface area contributed by atoms with Crippen molar-refractivity contribution in [3.8, 4) is 16.9 Å².